The summed E-state index contributed by atoms with van der Waals surface area (Å²) in [5.41, 5.74) is 0.285. The van der Waals surface area contributed by atoms with Crippen LogP contribution in [0, 0.1) is 0 Å². The first-order valence-electron chi connectivity index (χ1n) is 4.10. The Kier molecular flexibility index (Phi) is 3.65. The van der Waals surface area contributed by atoms with Gasteiger partial charge in [-0.1, -0.05) is 11.6 Å². The summed E-state index contributed by atoms with van der Waals surface area (Å²) in [6.45, 7) is 0. The van der Waals surface area contributed by atoms with Crippen molar-refractivity contribution in [2.24, 2.45) is 0 Å². The normalized spacial score (nSPS) is 10.5. The highest BCUT2D eigenvalue weighted by atomic mass is 35.5. The Hall–Kier alpha value is -1.35. The molecule has 74 valence electrons. The average Bonchev–Trinajstić information content (AvgIpc) is 2.15. The topological polar surface area (TPSA) is 33.2 Å². The number of hydrogen-bond acceptors (Lipinski definition) is 3. The number of rotatable bonds is 3. The Morgan fingerprint density at radius 2 is 2.29 bits per heavy atom. The summed E-state index contributed by atoms with van der Waals surface area (Å²) in [4.78, 5) is 17.2. The first-order chi connectivity index (χ1) is 6.61. The molecule has 0 unspecified atom stereocenters. The summed E-state index contributed by atoms with van der Waals surface area (Å²) >= 11 is 5.80. The van der Waals surface area contributed by atoms with E-state index in [0.717, 1.165) is 0 Å². The fourth-order valence-electron chi connectivity index (χ4n) is 0.863. The van der Waals surface area contributed by atoms with E-state index in [-0.39, 0.29) is 11.5 Å². The number of carbonyl (C=O) groups is 1. The second-order valence-electron chi connectivity index (χ2n) is 2.98. The van der Waals surface area contributed by atoms with Crippen molar-refractivity contribution >= 4 is 17.4 Å². The van der Waals surface area contributed by atoms with E-state index in [0.29, 0.717) is 5.02 Å². The number of pyridine rings is 1. The highest BCUT2D eigenvalue weighted by Crippen LogP contribution is 2.12. The average molecular weight is 211 g/mol. The molecule has 14 heavy (non-hydrogen) atoms. The third-order valence-corrected chi connectivity index (χ3v) is 1.82. The second-order valence-corrected chi connectivity index (χ2v) is 3.38. The van der Waals surface area contributed by atoms with E-state index >= 15 is 0 Å². The van der Waals surface area contributed by atoms with Crippen LogP contribution < -0.4 is 0 Å². The third-order valence-electron chi connectivity index (χ3n) is 1.52. The van der Waals surface area contributed by atoms with Gasteiger partial charge in [0, 0.05) is 32.6 Å². The van der Waals surface area contributed by atoms with Crippen molar-refractivity contribution < 1.29 is 4.79 Å². The van der Waals surface area contributed by atoms with Gasteiger partial charge in [-0.25, -0.2) is 0 Å². The lowest BCUT2D eigenvalue weighted by Gasteiger charge is -2.02. The quantitative estimate of drug-likeness (QED) is 0.565. The van der Waals surface area contributed by atoms with E-state index in [1.165, 1.54) is 6.08 Å². The molecule has 0 saturated heterocycles. The number of ketones is 1. The van der Waals surface area contributed by atoms with E-state index in [9.17, 15) is 4.79 Å². The molecule has 1 aromatic heterocycles. The summed E-state index contributed by atoms with van der Waals surface area (Å²) in [6.07, 6.45) is 4.64. The minimum atomic E-state index is -0.190. The molecule has 3 nitrogen and oxygen atoms in total. The maximum atomic E-state index is 11.5. The Labute approximate surface area is 88.0 Å². The van der Waals surface area contributed by atoms with Crippen LogP contribution in [0.15, 0.2) is 30.6 Å². The lowest BCUT2D eigenvalue weighted by atomic mass is 10.2. The standard InChI is InChI=1S/C10H11ClN2O/c1-13(2)7-5-9(14)10-8(11)4-3-6-12-10/h3-7H,1-2H3/b7-5+. The molecular formula is C10H11ClN2O. The van der Waals surface area contributed by atoms with Crippen molar-refractivity contribution in [1.82, 2.24) is 9.88 Å². The maximum Gasteiger partial charge on any atom is 0.207 e. The summed E-state index contributed by atoms with van der Waals surface area (Å²) in [7, 11) is 3.67. The maximum absolute atomic E-state index is 11.5. The number of carbonyl (C=O) groups excluding carboxylic acids is 1. The minimum absolute atomic E-state index is 0.190. The van der Waals surface area contributed by atoms with Gasteiger partial charge in [0.15, 0.2) is 0 Å². The first-order valence-corrected chi connectivity index (χ1v) is 4.48. The molecule has 1 aromatic rings. The van der Waals surface area contributed by atoms with E-state index in [1.807, 2.05) is 14.1 Å². The SMILES string of the molecule is CN(C)/C=C/C(=O)c1ncccc1Cl. The van der Waals surface area contributed by atoms with E-state index < -0.39 is 0 Å². The van der Waals surface area contributed by atoms with Crippen LogP contribution in [-0.4, -0.2) is 29.8 Å². The molecule has 0 aliphatic heterocycles. The molecule has 4 heteroatoms. The van der Waals surface area contributed by atoms with Gasteiger partial charge in [0.1, 0.15) is 5.69 Å². The fraction of sp³-hybridized carbons (Fsp3) is 0.200. The predicted octanol–water partition coefficient (Wildman–Crippen LogP) is 1.99. The molecule has 0 amide bonds. The van der Waals surface area contributed by atoms with Crippen molar-refractivity contribution in [3.63, 3.8) is 0 Å². The van der Waals surface area contributed by atoms with Crippen LogP contribution in [0.4, 0.5) is 0 Å². The zero-order chi connectivity index (χ0) is 10.6. The first kappa shape index (κ1) is 10.7. The molecule has 0 N–H and O–H groups in total. The molecule has 0 aliphatic carbocycles. The van der Waals surface area contributed by atoms with Crippen molar-refractivity contribution in [3.05, 3.63) is 41.3 Å². The highest BCUT2D eigenvalue weighted by Gasteiger charge is 2.07. The predicted molar refractivity (Wildman–Crippen MR) is 56.4 cm³/mol. The largest absolute Gasteiger partial charge is 0.383 e. The number of nitrogens with zero attached hydrogens (tertiary/aromatic N) is 2. The molecule has 0 fully saturated rings. The third kappa shape index (κ3) is 2.85. The van der Waals surface area contributed by atoms with Gasteiger partial charge >= 0.3 is 0 Å². The van der Waals surface area contributed by atoms with Crippen molar-refractivity contribution in [2.75, 3.05) is 14.1 Å². The highest BCUT2D eigenvalue weighted by molar-refractivity contribution is 6.34. The van der Waals surface area contributed by atoms with E-state index in [2.05, 4.69) is 4.98 Å². The van der Waals surface area contributed by atoms with Crippen LogP contribution in [0.3, 0.4) is 0 Å². The number of aromatic nitrogens is 1. The van der Waals surface area contributed by atoms with Crippen LogP contribution in [0.25, 0.3) is 0 Å². The second kappa shape index (κ2) is 4.77. The number of allylic oxidation sites excluding steroid dienone is 1. The van der Waals surface area contributed by atoms with E-state index in [1.54, 1.807) is 29.4 Å². The minimum Gasteiger partial charge on any atom is -0.383 e. The molecule has 0 spiro atoms. The number of halogens is 1. The van der Waals surface area contributed by atoms with Gasteiger partial charge in [-0.15, -0.1) is 0 Å². The molecule has 0 aromatic carbocycles. The Morgan fingerprint density at radius 3 is 2.86 bits per heavy atom. The molecule has 0 atom stereocenters. The molecular weight excluding hydrogens is 200 g/mol. The van der Waals surface area contributed by atoms with Gasteiger partial charge in [-0.05, 0) is 12.1 Å². The van der Waals surface area contributed by atoms with Gasteiger partial charge < -0.3 is 4.90 Å². The Bertz CT molecular complexity index is 361. The van der Waals surface area contributed by atoms with Gasteiger partial charge in [-0.3, -0.25) is 9.78 Å². The lowest BCUT2D eigenvalue weighted by molar-refractivity contribution is 0.104. The summed E-state index contributed by atoms with van der Waals surface area (Å²) in [5, 5.41) is 0.376. The monoisotopic (exact) mass is 210 g/mol. The Morgan fingerprint density at radius 1 is 1.57 bits per heavy atom. The molecule has 0 bridgehead atoms. The van der Waals surface area contributed by atoms with Gasteiger partial charge in [-0.2, -0.15) is 0 Å². The van der Waals surface area contributed by atoms with Crippen LogP contribution in [-0.2, 0) is 0 Å². The molecule has 1 heterocycles. The van der Waals surface area contributed by atoms with Crippen molar-refractivity contribution in [3.8, 4) is 0 Å². The lowest BCUT2D eigenvalue weighted by Crippen LogP contribution is -2.04. The fourth-order valence-corrected chi connectivity index (χ4v) is 1.08. The van der Waals surface area contributed by atoms with Crippen LogP contribution in [0.2, 0.25) is 5.02 Å². The van der Waals surface area contributed by atoms with Crippen LogP contribution in [0.5, 0.6) is 0 Å². The number of hydrogen-bond donors (Lipinski definition) is 0. The van der Waals surface area contributed by atoms with Crippen molar-refractivity contribution in [1.29, 1.82) is 0 Å². The van der Waals surface area contributed by atoms with Gasteiger partial charge in [0.25, 0.3) is 0 Å². The van der Waals surface area contributed by atoms with Gasteiger partial charge in [0.2, 0.25) is 5.78 Å². The van der Waals surface area contributed by atoms with E-state index in [4.69, 9.17) is 11.6 Å². The Balaban J connectivity index is 2.85. The smallest absolute Gasteiger partial charge is 0.207 e. The zero-order valence-electron chi connectivity index (χ0n) is 8.07. The molecule has 0 saturated carbocycles. The van der Waals surface area contributed by atoms with Gasteiger partial charge in [0.05, 0.1) is 5.02 Å². The van der Waals surface area contributed by atoms with Crippen LogP contribution >= 0.6 is 11.6 Å². The van der Waals surface area contributed by atoms with Crippen LogP contribution in [0.1, 0.15) is 10.5 Å². The molecule has 0 radical (unpaired) electrons. The molecule has 0 aliphatic rings. The molecule has 1 rings (SSSR count). The zero-order valence-corrected chi connectivity index (χ0v) is 8.82. The summed E-state index contributed by atoms with van der Waals surface area (Å²) < 4.78 is 0. The van der Waals surface area contributed by atoms with Crippen molar-refractivity contribution in [2.45, 2.75) is 0 Å². The summed E-state index contributed by atoms with van der Waals surface area (Å²) in [6, 6.07) is 3.33. The summed E-state index contributed by atoms with van der Waals surface area (Å²) in [5.74, 6) is -0.190.